The van der Waals surface area contributed by atoms with Crippen LogP contribution in [-0.2, 0) is 18.2 Å². The molecule has 0 atom stereocenters. The number of ether oxygens (including phenoxy) is 1. The fourth-order valence-electron chi connectivity index (χ4n) is 1.94. The number of Topliss-reactive ketones (excluding diaryl/α,β-unsaturated/α-hetero) is 1. The van der Waals surface area contributed by atoms with Crippen LogP contribution in [0.2, 0.25) is 0 Å². The predicted molar refractivity (Wildman–Crippen MR) is 75.3 cm³/mol. The van der Waals surface area contributed by atoms with Gasteiger partial charge in [-0.2, -0.15) is 0 Å². The Morgan fingerprint density at radius 2 is 2.00 bits per heavy atom. The molecule has 3 nitrogen and oxygen atoms in total. The number of benzene rings is 1. The van der Waals surface area contributed by atoms with Gasteiger partial charge in [-0.05, 0) is 24.5 Å². The molecule has 0 radical (unpaired) electrons. The molecular formula is C16H19NO2. The van der Waals surface area contributed by atoms with Crippen molar-refractivity contribution in [3.63, 3.8) is 0 Å². The van der Waals surface area contributed by atoms with E-state index in [0.717, 1.165) is 12.8 Å². The van der Waals surface area contributed by atoms with Crippen molar-refractivity contribution in [3.05, 3.63) is 59.9 Å². The van der Waals surface area contributed by atoms with Gasteiger partial charge in [0, 0.05) is 31.6 Å². The second-order valence-electron chi connectivity index (χ2n) is 4.63. The average Bonchev–Trinajstić information content (AvgIpc) is 2.86. The summed E-state index contributed by atoms with van der Waals surface area (Å²) in [5.74, 6) is 0.0420. The summed E-state index contributed by atoms with van der Waals surface area (Å²) < 4.78 is 7.29. The summed E-state index contributed by atoms with van der Waals surface area (Å²) in [6.45, 7) is 0.784. The van der Waals surface area contributed by atoms with Crippen LogP contribution in [0.25, 0.3) is 0 Å². The zero-order chi connectivity index (χ0) is 13.5. The maximum Gasteiger partial charge on any atom is 0.189 e. The summed E-state index contributed by atoms with van der Waals surface area (Å²) in [5, 5.41) is 0. The van der Waals surface area contributed by atoms with Gasteiger partial charge in [-0.3, -0.25) is 4.79 Å². The van der Waals surface area contributed by atoms with E-state index in [1.165, 1.54) is 5.56 Å². The van der Waals surface area contributed by atoms with E-state index >= 15 is 0 Å². The van der Waals surface area contributed by atoms with Crippen LogP contribution in [0.15, 0.2) is 48.8 Å². The molecule has 19 heavy (non-hydrogen) atoms. The summed E-state index contributed by atoms with van der Waals surface area (Å²) in [6, 6.07) is 12.1. The first kappa shape index (κ1) is 13.6. The normalized spacial score (nSPS) is 10.6. The molecule has 1 heterocycles. The van der Waals surface area contributed by atoms with Crippen LogP contribution in [0, 0.1) is 0 Å². The molecule has 0 unspecified atom stereocenters. The molecule has 0 aliphatic carbocycles. The standard InChI is InChI=1S/C16H19NO2/c1-17-10-9-15(12-17)16(18)13-19-11-5-8-14-6-3-2-4-7-14/h2-4,6-7,9-10,12H,5,8,11,13H2,1H3. The van der Waals surface area contributed by atoms with Crippen LogP contribution in [0.1, 0.15) is 22.3 Å². The molecule has 2 aromatic rings. The minimum absolute atomic E-state index is 0.0420. The maximum atomic E-state index is 11.8. The van der Waals surface area contributed by atoms with E-state index in [1.54, 1.807) is 0 Å². The maximum absolute atomic E-state index is 11.8. The number of nitrogens with zero attached hydrogens (tertiary/aromatic N) is 1. The van der Waals surface area contributed by atoms with Crippen LogP contribution >= 0.6 is 0 Å². The molecule has 2 rings (SSSR count). The highest BCUT2D eigenvalue weighted by Gasteiger charge is 2.06. The second kappa shape index (κ2) is 6.90. The van der Waals surface area contributed by atoms with E-state index in [2.05, 4.69) is 12.1 Å². The molecule has 0 N–H and O–H groups in total. The van der Waals surface area contributed by atoms with E-state index in [9.17, 15) is 4.79 Å². The second-order valence-corrected chi connectivity index (χ2v) is 4.63. The van der Waals surface area contributed by atoms with E-state index in [0.29, 0.717) is 12.2 Å². The van der Waals surface area contributed by atoms with Crippen molar-refractivity contribution in [1.82, 2.24) is 4.57 Å². The average molecular weight is 257 g/mol. The lowest BCUT2D eigenvalue weighted by atomic mass is 10.1. The third-order valence-electron chi connectivity index (χ3n) is 2.98. The van der Waals surface area contributed by atoms with Crippen molar-refractivity contribution in [3.8, 4) is 0 Å². The number of carbonyl (C=O) groups excluding carboxylic acids is 1. The number of rotatable bonds is 7. The summed E-state index contributed by atoms with van der Waals surface area (Å²) in [5.41, 5.74) is 2.02. The van der Waals surface area contributed by atoms with Crippen LogP contribution < -0.4 is 0 Å². The first-order valence-corrected chi connectivity index (χ1v) is 6.52. The van der Waals surface area contributed by atoms with Crippen molar-refractivity contribution in [1.29, 1.82) is 0 Å². The van der Waals surface area contributed by atoms with Crippen LogP contribution in [0.5, 0.6) is 0 Å². The highest BCUT2D eigenvalue weighted by atomic mass is 16.5. The van der Waals surface area contributed by atoms with Gasteiger partial charge in [-0.25, -0.2) is 0 Å². The Labute approximate surface area is 113 Å². The van der Waals surface area contributed by atoms with Crippen LogP contribution in [0.3, 0.4) is 0 Å². The lowest BCUT2D eigenvalue weighted by Crippen LogP contribution is -2.09. The molecule has 100 valence electrons. The van der Waals surface area contributed by atoms with Crippen molar-refractivity contribution in [2.75, 3.05) is 13.2 Å². The minimum Gasteiger partial charge on any atom is -0.373 e. The SMILES string of the molecule is Cn1ccc(C(=O)COCCCc2ccccc2)c1. The van der Waals surface area contributed by atoms with Crippen molar-refractivity contribution in [2.24, 2.45) is 7.05 Å². The predicted octanol–water partition coefficient (Wildman–Crippen LogP) is 2.86. The van der Waals surface area contributed by atoms with Crippen molar-refractivity contribution >= 4 is 5.78 Å². The first-order valence-electron chi connectivity index (χ1n) is 6.52. The van der Waals surface area contributed by atoms with Gasteiger partial charge in [-0.1, -0.05) is 30.3 Å². The third kappa shape index (κ3) is 4.38. The molecule has 1 aromatic carbocycles. The van der Waals surface area contributed by atoms with Gasteiger partial charge in [0.1, 0.15) is 6.61 Å². The Morgan fingerprint density at radius 3 is 2.68 bits per heavy atom. The Bertz CT molecular complexity index is 517. The molecular weight excluding hydrogens is 238 g/mol. The summed E-state index contributed by atoms with van der Waals surface area (Å²) >= 11 is 0. The van der Waals surface area contributed by atoms with Gasteiger partial charge in [0.15, 0.2) is 5.78 Å². The summed E-state index contributed by atoms with van der Waals surface area (Å²) in [7, 11) is 1.90. The minimum atomic E-state index is 0.0420. The number of carbonyl (C=O) groups is 1. The summed E-state index contributed by atoms with van der Waals surface area (Å²) in [6.07, 6.45) is 5.60. The van der Waals surface area contributed by atoms with Crippen molar-refractivity contribution < 1.29 is 9.53 Å². The number of hydrogen-bond donors (Lipinski definition) is 0. The van der Waals surface area contributed by atoms with E-state index in [-0.39, 0.29) is 12.4 Å². The molecule has 3 heteroatoms. The van der Waals surface area contributed by atoms with Crippen molar-refractivity contribution in [2.45, 2.75) is 12.8 Å². The molecule has 0 saturated heterocycles. The lowest BCUT2D eigenvalue weighted by Gasteiger charge is -2.03. The fourth-order valence-corrected chi connectivity index (χ4v) is 1.94. The first-order chi connectivity index (χ1) is 9.25. The smallest absolute Gasteiger partial charge is 0.189 e. The molecule has 1 aromatic heterocycles. The highest BCUT2D eigenvalue weighted by molar-refractivity contribution is 5.96. The molecule has 0 aliphatic rings. The van der Waals surface area contributed by atoms with Crippen LogP contribution in [0.4, 0.5) is 0 Å². The number of hydrogen-bond acceptors (Lipinski definition) is 2. The molecule has 0 bridgehead atoms. The van der Waals surface area contributed by atoms with Gasteiger partial charge < -0.3 is 9.30 Å². The largest absolute Gasteiger partial charge is 0.373 e. The third-order valence-corrected chi connectivity index (χ3v) is 2.98. The molecule has 0 aliphatic heterocycles. The molecule has 0 spiro atoms. The molecule has 0 fully saturated rings. The molecule has 0 saturated carbocycles. The Hall–Kier alpha value is -1.87. The van der Waals surface area contributed by atoms with Gasteiger partial charge in [-0.15, -0.1) is 0 Å². The lowest BCUT2D eigenvalue weighted by molar-refractivity contribution is 0.0756. The Morgan fingerprint density at radius 1 is 1.21 bits per heavy atom. The summed E-state index contributed by atoms with van der Waals surface area (Å²) in [4.78, 5) is 11.8. The topological polar surface area (TPSA) is 31.2 Å². The zero-order valence-electron chi connectivity index (χ0n) is 11.2. The van der Waals surface area contributed by atoms with Gasteiger partial charge in [0.2, 0.25) is 0 Å². The van der Waals surface area contributed by atoms with E-state index in [4.69, 9.17) is 4.74 Å². The quantitative estimate of drug-likeness (QED) is 0.564. The number of aromatic nitrogens is 1. The van der Waals surface area contributed by atoms with E-state index in [1.807, 2.05) is 48.3 Å². The molecule has 0 amide bonds. The zero-order valence-corrected chi connectivity index (χ0v) is 11.2. The number of aryl methyl sites for hydroxylation is 2. The van der Waals surface area contributed by atoms with E-state index < -0.39 is 0 Å². The Balaban J connectivity index is 1.63. The highest BCUT2D eigenvalue weighted by Crippen LogP contribution is 2.04. The Kier molecular flexibility index (Phi) is 4.93. The number of ketones is 1. The fraction of sp³-hybridized carbons (Fsp3) is 0.312. The van der Waals surface area contributed by atoms with Gasteiger partial charge >= 0.3 is 0 Å². The van der Waals surface area contributed by atoms with Gasteiger partial charge in [0.25, 0.3) is 0 Å². The monoisotopic (exact) mass is 257 g/mol. The van der Waals surface area contributed by atoms with Gasteiger partial charge in [0.05, 0.1) is 0 Å². The van der Waals surface area contributed by atoms with Crippen LogP contribution in [-0.4, -0.2) is 23.6 Å².